The first kappa shape index (κ1) is 21.1. The van der Waals surface area contributed by atoms with Crippen LogP contribution in [0.4, 0.5) is 0 Å². The van der Waals surface area contributed by atoms with Crippen LogP contribution in [0.2, 0.25) is 0 Å². The van der Waals surface area contributed by atoms with Crippen LogP contribution in [0.15, 0.2) is 38.7 Å². The van der Waals surface area contributed by atoms with Gasteiger partial charge in [-0.05, 0) is 49.2 Å². The molecule has 1 heterocycles. The molecule has 148 valence electrons. The van der Waals surface area contributed by atoms with Crippen molar-refractivity contribution in [1.29, 1.82) is 0 Å². The van der Waals surface area contributed by atoms with E-state index in [2.05, 4.69) is 0 Å². The summed E-state index contributed by atoms with van der Waals surface area (Å²) in [5.74, 6) is -0.671. The number of hydrogen-bond acceptors (Lipinski definition) is 7. The Balaban J connectivity index is 2.20. The number of primary sulfonamides is 1. The smallest absolute Gasteiger partial charge is 0.338 e. The number of carbonyl (C=O) groups is 1. The van der Waals surface area contributed by atoms with Crippen molar-refractivity contribution in [2.24, 2.45) is 5.14 Å². The predicted molar refractivity (Wildman–Crippen MR) is 96.0 cm³/mol. The molecule has 0 amide bonds. The summed E-state index contributed by atoms with van der Waals surface area (Å²) in [6.07, 6.45) is 0. The fourth-order valence-corrected chi connectivity index (χ4v) is 3.91. The first-order valence-corrected chi connectivity index (χ1v) is 10.6. The molecular weight excluding hydrogens is 396 g/mol. The van der Waals surface area contributed by atoms with Gasteiger partial charge in [0.15, 0.2) is 0 Å². The van der Waals surface area contributed by atoms with Gasteiger partial charge in [0, 0.05) is 14.1 Å². The van der Waals surface area contributed by atoms with Crippen molar-refractivity contribution in [2.75, 3.05) is 14.1 Å². The van der Waals surface area contributed by atoms with Gasteiger partial charge < -0.3 is 9.15 Å². The van der Waals surface area contributed by atoms with Crippen LogP contribution in [0, 0.1) is 13.8 Å². The normalized spacial score (nSPS) is 12.4. The van der Waals surface area contributed by atoms with E-state index in [-0.39, 0.29) is 27.9 Å². The molecule has 0 spiro atoms. The second-order valence-corrected chi connectivity index (χ2v) is 9.66. The largest absolute Gasteiger partial charge is 0.454 e. The van der Waals surface area contributed by atoms with Gasteiger partial charge in [0.05, 0.1) is 10.5 Å². The Labute approximate surface area is 157 Å². The minimum atomic E-state index is -4.00. The molecule has 0 saturated heterocycles. The minimum Gasteiger partial charge on any atom is -0.454 e. The number of carbonyl (C=O) groups excluding carboxylic acids is 1. The van der Waals surface area contributed by atoms with E-state index >= 15 is 0 Å². The van der Waals surface area contributed by atoms with Crippen LogP contribution in [0.5, 0.6) is 0 Å². The number of nitrogens with two attached hydrogens (primary N) is 1. The molecule has 0 atom stereocenters. The summed E-state index contributed by atoms with van der Waals surface area (Å²) in [7, 11) is -5.01. The molecule has 9 nitrogen and oxygen atoms in total. The van der Waals surface area contributed by atoms with Crippen LogP contribution in [0.3, 0.4) is 0 Å². The molecule has 2 N–H and O–H groups in total. The molecule has 0 radical (unpaired) electrons. The Kier molecular flexibility index (Phi) is 5.80. The zero-order valence-electron chi connectivity index (χ0n) is 15.2. The molecule has 1 aromatic carbocycles. The van der Waals surface area contributed by atoms with Gasteiger partial charge in [0.1, 0.15) is 12.4 Å². The monoisotopic (exact) mass is 416 g/mol. The summed E-state index contributed by atoms with van der Waals surface area (Å²) in [4.78, 5) is 12.1. The van der Waals surface area contributed by atoms with E-state index in [1.165, 1.54) is 32.3 Å². The van der Waals surface area contributed by atoms with Crippen LogP contribution < -0.4 is 5.14 Å². The topological polar surface area (TPSA) is 137 Å². The third-order valence-electron chi connectivity index (χ3n) is 3.88. The quantitative estimate of drug-likeness (QED) is 0.697. The van der Waals surface area contributed by atoms with Crippen molar-refractivity contribution in [3.8, 4) is 0 Å². The maximum absolute atomic E-state index is 12.2. The van der Waals surface area contributed by atoms with E-state index in [1.807, 2.05) is 0 Å². The Hall–Kier alpha value is -2.21. The molecular formula is C16H20N2O7S2. The predicted octanol–water partition coefficient (Wildman–Crippen LogP) is 1.15. The SMILES string of the molecule is Cc1cc(C(=O)OCc2ccc(S(=O)(=O)N(C)C)o2)cc(S(N)(=O)=O)c1C. The first-order valence-electron chi connectivity index (χ1n) is 7.66. The zero-order valence-corrected chi connectivity index (χ0v) is 16.8. The maximum atomic E-state index is 12.2. The molecule has 2 aromatic rings. The Morgan fingerprint density at radius 2 is 1.78 bits per heavy atom. The molecule has 0 fully saturated rings. The molecule has 0 aliphatic heterocycles. The number of hydrogen-bond donors (Lipinski definition) is 1. The summed E-state index contributed by atoms with van der Waals surface area (Å²) in [5, 5.41) is 4.90. The van der Waals surface area contributed by atoms with Crippen LogP contribution in [0.25, 0.3) is 0 Å². The number of furan rings is 1. The molecule has 0 aliphatic rings. The number of esters is 1. The van der Waals surface area contributed by atoms with Gasteiger partial charge in [-0.2, -0.15) is 0 Å². The van der Waals surface area contributed by atoms with Gasteiger partial charge in [-0.3, -0.25) is 0 Å². The second kappa shape index (κ2) is 7.43. The van der Waals surface area contributed by atoms with Gasteiger partial charge >= 0.3 is 5.97 Å². The van der Waals surface area contributed by atoms with Gasteiger partial charge in [0.2, 0.25) is 15.1 Å². The highest BCUT2D eigenvalue weighted by molar-refractivity contribution is 7.89. The summed E-state index contributed by atoms with van der Waals surface area (Å²) in [6.45, 7) is 2.91. The highest BCUT2D eigenvalue weighted by Crippen LogP contribution is 2.22. The van der Waals surface area contributed by atoms with Crippen LogP contribution in [-0.4, -0.2) is 41.2 Å². The summed E-state index contributed by atoms with van der Waals surface area (Å²) >= 11 is 0. The van der Waals surface area contributed by atoms with Crippen molar-refractivity contribution in [3.05, 3.63) is 46.7 Å². The van der Waals surface area contributed by atoms with Gasteiger partial charge in [0.25, 0.3) is 10.0 Å². The molecule has 2 rings (SSSR count). The summed E-state index contributed by atoms with van der Waals surface area (Å²) < 4.78 is 58.5. The van der Waals surface area contributed by atoms with Gasteiger partial charge in [-0.1, -0.05) is 0 Å². The van der Waals surface area contributed by atoms with E-state index < -0.39 is 26.0 Å². The third-order valence-corrected chi connectivity index (χ3v) is 6.61. The molecule has 0 unspecified atom stereocenters. The summed E-state index contributed by atoms with van der Waals surface area (Å²) in [5.41, 5.74) is 1.01. The zero-order chi connectivity index (χ0) is 20.6. The molecule has 0 bridgehead atoms. The second-order valence-electron chi connectivity index (χ2n) is 6.05. The standard InChI is InChI=1S/C16H20N2O7S2/c1-10-7-12(8-14(11(10)2)26(17,20)21)16(19)24-9-13-5-6-15(25-13)27(22,23)18(3)4/h5-8H,9H2,1-4H3,(H2,17,20,21). The minimum absolute atomic E-state index is 0.00909. The fraction of sp³-hybridized carbons (Fsp3) is 0.312. The maximum Gasteiger partial charge on any atom is 0.338 e. The Bertz CT molecular complexity index is 1080. The number of sulfonamides is 2. The van der Waals surface area contributed by atoms with Gasteiger partial charge in [-0.25, -0.2) is 31.1 Å². The average Bonchev–Trinajstić information content (AvgIpc) is 3.03. The highest BCUT2D eigenvalue weighted by Gasteiger charge is 2.22. The van der Waals surface area contributed by atoms with Crippen LogP contribution in [0.1, 0.15) is 27.2 Å². The average molecular weight is 416 g/mol. The van der Waals surface area contributed by atoms with Crippen molar-refractivity contribution in [1.82, 2.24) is 4.31 Å². The lowest BCUT2D eigenvalue weighted by Crippen LogP contribution is -2.21. The molecule has 0 aliphatic carbocycles. The number of rotatable bonds is 6. The third kappa shape index (κ3) is 4.56. The lowest BCUT2D eigenvalue weighted by molar-refractivity contribution is 0.0440. The number of benzene rings is 1. The van der Waals surface area contributed by atoms with E-state index in [0.717, 1.165) is 10.4 Å². The molecule has 27 heavy (non-hydrogen) atoms. The lowest BCUT2D eigenvalue weighted by Gasteiger charge is -2.10. The molecule has 1 aromatic heterocycles. The van der Waals surface area contributed by atoms with Crippen molar-refractivity contribution in [2.45, 2.75) is 30.4 Å². The number of aryl methyl sites for hydroxylation is 1. The fourth-order valence-electron chi connectivity index (χ4n) is 2.21. The van der Waals surface area contributed by atoms with Crippen molar-refractivity contribution in [3.63, 3.8) is 0 Å². The van der Waals surface area contributed by atoms with E-state index in [9.17, 15) is 21.6 Å². The van der Waals surface area contributed by atoms with Crippen LogP contribution >= 0.6 is 0 Å². The van der Waals surface area contributed by atoms with Crippen LogP contribution in [-0.2, 0) is 31.4 Å². The van der Waals surface area contributed by atoms with E-state index in [1.54, 1.807) is 13.8 Å². The van der Waals surface area contributed by atoms with E-state index in [0.29, 0.717) is 11.1 Å². The molecule has 11 heteroatoms. The first-order chi connectivity index (χ1) is 12.3. The number of ether oxygens (including phenoxy) is 1. The van der Waals surface area contributed by atoms with Crippen molar-refractivity contribution < 1.29 is 30.8 Å². The van der Waals surface area contributed by atoms with E-state index in [4.69, 9.17) is 14.3 Å². The Morgan fingerprint density at radius 3 is 2.33 bits per heavy atom. The molecule has 0 saturated carbocycles. The Morgan fingerprint density at radius 1 is 1.15 bits per heavy atom. The van der Waals surface area contributed by atoms with Gasteiger partial charge in [-0.15, -0.1) is 0 Å². The van der Waals surface area contributed by atoms with Crippen molar-refractivity contribution >= 4 is 26.0 Å². The number of nitrogens with zero attached hydrogens (tertiary/aromatic N) is 1. The lowest BCUT2D eigenvalue weighted by atomic mass is 10.1. The highest BCUT2D eigenvalue weighted by atomic mass is 32.2. The summed E-state index contributed by atoms with van der Waals surface area (Å²) in [6, 6.07) is 5.26.